The van der Waals surface area contributed by atoms with E-state index in [1.165, 1.54) is 0 Å². The van der Waals surface area contributed by atoms with Crippen LogP contribution in [0.25, 0.3) is 0 Å². The smallest absolute Gasteiger partial charge is 0.222 e. The molecule has 0 aliphatic heterocycles. The molecule has 9 nitrogen and oxygen atoms in total. The van der Waals surface area contributed by atoms with Crippen LogP contribution in [0.2, 0.25) is 0 Å². The molecular formula is C14H29NO8. The third-order valence-corrected chi connectivity index (χ3v) is 3.47. The van der Waals surface area contributed by atoms with Gasteiger partial charge in [0.1, 0.15) is 24.4 Å². The van der Waals surface area contributed by atoms with Crippen molar-refractivity contribution in [2.24, 2.45) is 0 Å². The maximum atomic E-state index is 12.1. The van der Waals surface area contributed by atoms with E-state index in [1.54, 1.807) is 0 Å². The molecular weight excluding hydrogens is 310 g/mol. The van der Waals surface area contributed by atoms with Gasteiger partial charge in [0.05, 0.1) is 19.3 Å². The molecule has 0 aliphatic carbocycles. The second-order valence-corrected chi connectivity index (χ2v) is 5.54. The molecule has 0 fully saturated rings. The van der Waals surface area contributed by atoms with E-state index in [0.29, 0.717) is 6.42 Å². The first-order valence-electron chi connectivity index (χ1n) is 7.68. The average Bonchev–Trinajstić information content (AvgIpc) is 2.56. The van der Waals surface area contributed by atoms with E-state index in [4.69, 9.17) is 10.2 Å². The highest BCUT2D eigenvalue weighted by Gasteiger charge is 2.32. The number of hydrogen-bond acceptors (Lipinski definition) is 8. The third kappa shape index (κ3) is 8.02. The highest BCUT2D eigenvalue weighted by Crippen LogP contribution is 2.09. The zero-order valence-electron chi connectivity index (χ0n) is 13.3. The molecule has 0 spiro atoms. The molecule has 0 aromatic rings. The fraction of sp³-hybridized carbons (Fsp3) is 0.929. The van der Waals surface area contributed by atoms with Crippen LogP contribution < -0.4 is 0 Å². The number of nitrogens with zero attached hydrogens (tertiary/aromatic N) is 1. The van der Waals surface area contributed by atoms with Gasteiger partial charge in [-0.1, -0.05) is 13.3 Å². The molecule has 9 heteroatoms. The summed E-state index contributed by atoms with van der Waals surface area (Å²) in [4.78, 5) is 13.1. The van der Waals surface area contributed by atoms with Crippen LogP contribution in [-0.2, 0) is 4.79 Å². The number of carbonyl (C=O) groups excluding carboxylic acids is 1. The number of carbonyl (C=O) groups is 1. The quantitative estimate of drug-likeness (QED) is 0.195. The number of unbranched alkanes of at least 4 members (excludes halogenated alkanes) is 1. The lowest BCUT2D eigenvalue weighted by Gasteiger charge is -2.31. The Labute approximate surface area is 135 Å². The summed E-state index contributed by atoms with van der Waals surface area (Å²) >= 11 is 0. The van der Waals surface area contributed by atoms with Gasteiger partial charge in [-0.2, -0.15) is 0 Å². The molecule has 1 amide bonds. The van der Waals surface area contributed by atoms with E-state index < -0.39 is 50.3 Å². The van der Waals surface area contributed by atoms with Gasteiger partial charge in [-0.15, -0.1) is 0 Å². The Kier molecular flexibility index (Phi) is 11.3. The number of aliphatic hydroxyl groups is 7. The second-order valence-electron chi connectivity index (χ2n) is 5.54. The molecule has 0 radical (unpaired) electrons. The van der Waals surface area contributed by atoms with Crippen molar-refractivity contribution >= 4 is 5.91 Å². The minimum Gasteiger partial charge on any atom is -0.394 e. The van der Waals surface area contributed by atoms with Gasteiger partial charge in [0.25, 0.3) is 0 Å². The molecule has 0 aliphatic rings. The summed E-state index contributed by atoms with van der Waals surface area (Å²) in [5.74, 6) is -0.372. The lowest BCUT2D eigenvalue weighted by atomic mass is 10.0. The molecule has 5 atom stereocenters. The van der Waals surface area contributed by atoms with Crippen molar-refractivity contribution in [1.82, 2.24) is 4.90 Å². The largest absolute Gasteiger partial charge is 0.394 e. The van der Waals surface area contributed by atoms with Gasteiger partial charge in [0.15, 0.2) is 0 Å². The van der Waals surface area contributed by atoms with Crippen LogP contribution in [0.3, 0.4) is 0 Å². The number of amides is 1. The molecule has 1 unspecified atom stereocenters. The Morgan fingerprint density at radius 1 is 0.913 bits per heavy atom. The van der Waals surface area contributed by atoms with E-state index in [-0.39, 0.29) is 18.9 Å². The van der Waals surface area contributed by atoms with E-state index in [0.717, 1.165) is 11.3 Å². The third-order valence-electron chi connectivity index (χ3n) is 3.47. The summed E-state index contributed by atoms with van der Waals surface area (Å²) in [7, 11) is 0. The first-order valence-corrected chi connectivity index (χ1v) is 7.68. The van der Waals surface area contributed by atoms with Crippen molar-refractivity contribution in [2.75, 3.05) is 26.3 Å². The van der Waals surface area contributed by atoms with Crippen LogP contribution in [0.5, 0.6) is 0 Å². The van der Waals surface area contributed by atoms with E-state index in [9.17, 15) is 30.3 Å². The average molecular weight is 339 g/mol. The van der Waals surface area contributed by atoms with Crippen LogP contribution in [0, 0.1) is 0 Å². The number of rotatable bonds is 12. The van der Waals surface area contributed by atoms with Gasteiger partial charge in [0.2, 0.25) is 5.91 Å². The summed E-state index contributed by atoms with van der Waals surface area (Å²) in [5.41, 5.74) is 0. The van der Waals surface area contributed by atoms with Crippen molar-refractivity contribution in [3.8, 4) is 0 Å². The molecule has 0 rings (SSSR count). The maximum absolute atomic E-state index is 12.1. The zero-order valence-corrected chi connectivity index (χ0v) is 13.3. The Bertz CT molecular complexity index is 330. The van der Waals surface area contributed by atoms with Gasteiger partial charge in [-0.3, -0.25) is 4.79 Å². The molecule has 0 aromatic carbocycles. The molecule has 0 heterocycles. The summed E-state index contributed by atoms with van der Waals surface area (Å²) in [6, 6.07) is 0. The SMILES string of the molecule is CCCCC(=O)N(CC(O)CO)C[C@H](O)[C@@H](O)[C@H](O)[C@H](O)CO. The van der Waals surface area contributed by atoms with Crippen molar-refractivity contribution in [2.45, 2.75) is 56.7 Å². The van der Waals surface area contributed by atoms with Crippen LogP contribution in [-0.4, -0.2) is 103 Å². The lowest BCUT2D eigenvalue weighted by molar-refractivity contribution is -0.142. The minimum absolute atomic E-state index is 0.180. The Balaban J connectivity index is 4.80. The molecule has 0 aromatic heterocycles. The van der Waals surface area contributed by atoms with Gasteiger partial charge in [-0.25, -0.2) is 0 Å². The van der Waals surface area contributed by atoms with Gasteiger partial charge < -0.3 is 40.6 Å². The van der Waals surface area contributed by atoms with Crippen LogP contribution in [0.1, 0.15) is 26.2 Å². The first-order chi connectivity index (χ1) is 10.8. The van der Waals surface area contributed by atoms with Crippen molar-refractivity contribution in [3.63, 3.8) is 0 Å². The van der Waals surface area contributed by atoms with Crippen molar-refractivity contribution in [1.29, 1.82) is 0 Å². The maximum Gasteiger partial charge on any atom is 0.222 e. The predicted octanol–water partition coefficient (Wildman–Crippen LogP) is -3.21. The zero-order chi connectivity index (χ0) is 18.0. The van der Waals surface area contributed by atoms with Crippen LogP contribution in [0.4, 0.5) is 0 Å². The van der Waals surface area contributed by atoms with Gasteiger partial charge in [0, 0.05) is 19.5 Å². The summed E-state index contributed by atoms with van der Waals surface area (Å²) in [6.45, 7) is -0.0989. The number of aliphatic hydroxyl groups excluding tert-OH is 7. The summed E-state index contributed by atoms with van der Waals surface area (Å²) in [6.07, 6.45) is -6.44. The fourth-order valence-corrected chi connectivity index (χ4v) is 1.97. The van der Waals surface area contributed by atoms with Crippen molar-refractivity contribution in [3.05, 3.63) is 0 Å². The molecule has 0 saturated carbocycles. The van der Waals surface area contributed by atoms with E-state index in [1.807, 2.05) is 6.92 Å². The second kappa shape index (κ2) is 11.7. The highest BCUT2D eigenvalue weighted by atomic mass is 16.4. The Morgan fingerprint density at radius 2 is 1.48 bits per heavy atom. The topological polar surface area (TPSA) is 162 Å². The van der Waals surface area contributed by atoms with Crippen LogP contribution >= 0.6 is 0 Å². The van der Waals surface area contributed by atoms with Gasteiger partial charge >= 0.3 is 0 Å². The van der Waals surface area contributed by atoms with Crippen LogP contribution in [0.15, 0.2) is 0 Å². The van der Waals surface area contributed by atoms with E-state index in [2.05, 4.69) is 0 Å². The predicted molar refractivity (Wildman–Crippen MR) is 80.3 cm³/mol. The molecule has 23 heavy (non-hydrogen) atoms. The standard InChI is InChI=1S/C14H29NO8/c1-2-3-4-12(21)15(5-9(18)7-16)6-10(19)13(22)14(23)11(20)8-17/h9-11,13-14,16-20,22-23H,2-8H2,1H3/t9?,10-,11+,13+,14+/m0/s1. The summed E-state index contributed by atoms with van der Waals surface area (Å²) < 4.78 is 0. The fourth-order valence-electron chi connectivity index (χ4n) is 1.97. The number of hydrogen-bond donors (Lipinski definition) is 7. The normalized spacial score (nSPS) is 18.1. The molecule has 138 valence electrons. The Morgan fingerprint density at radius 3 is 1.96 bits per heavy atom. The highest BCUT2D eigenvalue weighted by molar-refractivity contribution is 5.76. The first kappa shape index (κ1) is 22.2. The van der Waals surface area contributed by atoms with Gasteiger partial charge in [-0.05, 0) is 6.42 Å². The summed E-state index contributed by atoms with van der Waals surface area (Å²) in [5, 5.41) is 65.6. The minimum atomic E-state index is -1.79. The van der Waals surface area contributed by atoms with E-state index >= 15 is 0 Å². The molecule has 0 saturated heterocycles. The van der Waals surface area contributed by atoms with Crippen molar-refractivity contribution < 1.29 is 40.5 Å². The lowest BCUT2D eigenvalue weighted by Crippen LogP contribution is -2.51. The Hall–Kier alpha value is -0.810. The molecule has 0 bridgehead atoms. The molecule has 7 N–H and O–H groups in total. The monoisotopic (exact) mass is 339 g/mol.